The Bertz CT molecular complexity index is 771. The van der Waals surface area contributed by atoms with Crippen molar-refractivity contribution in [2.45, 2.75) is 19.0 Å². The SMILES string of the molecule is C/C(=N\O)[C@@H]1c2c(cnn2C)[C@@H]2CN1C(=O)N2OS(=O)(=O)[O-]. The minimum absolute atomic E-state index is 0.0879. The highest BCUT2D eigenvalue weighted by Crippen LogP contribution is 2.44. The lowest BCUT2D eigenvalue weighted by atomic mass is 9.95. The summed E-state index contributed by atoms with van der Waals surface area (Å²) < 4.78 is 38.3. The van der Waals surface area contributed by atoms with Crippen molar-refractivity contribution in [3.8, 4) is 0 Å². The molecule has 3 rings (SSSR count). The van der Waals surface area contributed by atoms with Gasteiger partial charge in [0.25, 0.3) is 0 Å². The third-order valence-corrected chi connectivity index (χ3v) is 4.10. The van der Waals surface area contributed by atoms with E-state index in [-0.39, 0.29) is 12.3 Å². The van der Waals surface area contributed by atoms with Crippen LogP contribution in [0.15, 0.2) is 11.4 Å². The van der Waals surface area contributed by atoms with E-state index in [1.807, 2.05) is 0 Å². The number of oxime groups is 1. The summed E-state index contributed by atoms with van der Waals surface area (Å²) in [5.41, 5.74) is 1.32. The zero-order valence-electron chi connectivity index (χ0n) is 11.6. The van der Waals surface area contributed by atoms with E-state index in [1.165, 1.54) is 22.7 Å². The first-order chi connectivity index (χ1) is 10.2. The fourth-order valence-electron chi connectivity index (χ4n) is 2.90. The van der Waals surface area contributed by atoms with Gasteiger partial charge in [-0.05, 0) is 6.92 Å². The molecule has 0 spiro atoms. The Morgan fingerprint density at radius 1 is 1.59 bits per heavy atom. The van der Waals surface area contributed by atoms with Crippen molar-refractivity contribution in [2.75, 3.05) is 6.54 Å². The van der Waals surface area contributed by atoms with E-state index in [1.54, 1.807) is 7.05 Å². The van der Waals surface area contributed by atoms with Gasteiger partial charge < -0.3 is 14.7 Å². The van der Waals surface area contributed by atoms with E-state index < -0.39 is 28.5 Å². The molecule has 22 heavy (non-hydrogen) atoms. The molecule has 2 aliphatic heterocycles. The van der Waals surface area contributed by atoms with Crippen molar-refractivity contribution in [2.24, 2.45) is 12.2 Å². The quantitative estimate of drug-likeness (QED) is 0.259. The second kappa shape index (κ2) is 4.66. The molecule has 0 aromatic carbocycles. The molecule has 1 N–H and O–H groups in total. The monoisotopic (exact) mass is 330 g/mol. The predicted octanol–water partition coefficient (Wildman–Crippen LogP) is -0.505. The minimum Gasteiger partial charge on any atom is -0.724 e. The van der Waals surface area contributed by atoms with Crippen LogP contribution in [0.3, 0.4) is 0 Å². The summed E-state index contributed by atoms with van der Waals surface area (Å²) in [6.45, 7) is 1.60. The number of carbonyl (C=O) groups is 1. The van der Waals surface area contributed by atoms with Gasteiger partial charge in [-0.15, -0.1) is 0 Å². The first-order valence-corrected chi connectivity index (χ1v) is 7.53. The average molecular weight is 330 g/mol. The number of amides is 2. The summed E-state index contributed by atoms with van der Waals surface area (Å²) in [5.74, 6) is 0. The second-order valence-electron chi connectivity index (χ2n) is 5.01. The van der Waals surface area contributed by atoms with Gasteiger partial charge in [-0.2, -0.15) is 14.4 Å². The maximum absolute atomic E-state index is 12.3. The number of hydrogen-bond acceptors (Lipinski definition) is 8. The number of nitrogens with zero attached hydrogens (tertiary/aromatic N) is 5. The number of rotatable bonds is 3. The summed E-state index contributed by atoms with van der Waals surface area (Å²) in [6, 6.07) is -2.30. The third-order valence-electron chi connectivity index (χ3n) is 3.76. The number of aromatic nitrogens is 2. The molecule has 1 saturated heterocycles. The normalized spacial score (nSPS) is 24.9. The van der Waals surface area contributed by atoms with Crippen molar-refractivity contribution >= 4 is 22.1 Å². The molecule has 2 bridgehead atoms. The molecular formula is C10H12N5O6S-. The molecule has 1 aromatic rings. The van der Waals surface area contributed by atoms with Crippen molar-refractivity contribution in [1.29, 1.82) is 0 Å². The maximum atomic E-state index is 12.3. The molecule has 120 valence electrons. The van der Waals surface area contributed by atoms with E-state index in [0.29, 0.717) is 16.3 Å². The molecule has 1 fully saturated rings. The molecule has 2 amide bonds. The van der Waals surface area contributed by atoms with Crippen molar-refractivity contribution < 1.29 is 27.3 Å². The molecule has 0 radical (unpaired) electrons. The van der Waals surface area contributed by atoms with Crippen molar-refractivity contribution in [3.63, 3.8) is 0 Å². The van der Waals surface area contributed by atoms with Gasteiger partial charge in [-0.3, -0.25) is 4.68 Å². The number of aryl methyl sites for hydroxylation is 1. The molecule has 0 aliphatic carbocycles. The van der Waals surface area contributed by atoms with E-state index in [4.69, 9.17) is 5.21 Å². The van der Waals surface area contributed by atoms with Crippen LogP contribution in [0, 0.1) is 0 Å². The van der Waals surface area contributed by atoms with Crippen LogP contribution in [0.1, 0.15) is 30.3 Å². The fraction of sp³-hybridized carbons (Fsp3) is 0.500. The summed E-state index contributed by atoms with van der Waals surface area (Å²) >= 11 is 0. The van der Waals surface area contributed by atoms with Crippen LogP contribution >= 0.6 is 0 Å². The number of fused-ring (bicyclic) bond motifs is 4. The Labute approximate surface area is 125 Å². The van der Waals surface area contributed by atoms with Crippen molar-refractivity contribution in [1.82, 2.24) is 19.7 Å². The average Bonchev–Trinajstić information content (AvgIpc) is 2.93. The topological polar surface area (TPSA) is 140 Å². The molecule has 0 unspecified atom stereocenters. The lowest BCUT2D eigenvalue weighted by Crippen LogP contribution is -2.39. The van der Waals surface area contributed by atoms with Gasteiger partial charge in [0.05, 0.1) is 24.1 Å². The molecule has 11 nitrogen and oxygen atoms in total. The van der Waals surface area contributed by atoms with E-state index in [9.17, 15) is 17.8 Å². The van der Waals surface area contributed by atoms with Gasteiger partial charge in [0.2, 0.25) is 10.4 Å². The predicted molar refractivity (Wildman–Crippen MR) is 68.3 cm³/mol. The van der Waals surface area contributed by atoms with Gasteiger partial charge in [-0.1, -0.05) is 5.16 Å². The summed E-state index contributed by atoms with van der Waals surface area (Å²) in [6.07, 6.45) is 1.46. The first kappa shape index (κ1) is 14.7. The second-order valence-corrected chi connectivity index (χ2v) is 5.98. The van der Waals surface area contributed by atoms with Crippen LogP contribution < -0.4 is 0 Å². The number of hydroxylamine groups is 2. The van der Waals surface area contributed by atoms with Crippen LogP contribution in [0.4, 0.5) is 4.79 Å². The molecular weight excluding hydrogens is 318 g/mol. The molecule has 0 saturated carbocycles. The molecule has 3 heterocycles. The Hall–Kier alpha value is -2.18. The van der Waals surface area contributed by atoms with Crippen LogP contribution in [0.5, 0.6) is 0 Å². The van der Waals surface area contributed by atoms with Crippen LogP contribution in [-0.2, 0) is 21.7 Å². The Balaban J connectivity index is 2.13. The highest BCUT2D eigenvalue weighted by molar-refractivity contribution is 7.80. The molecule has 1 aromatic heterocycles. The zero-order valence-corrected chi connectivity index (χ0v) is 12.4. The zero-order chi connectivity index (χ0) is 16.2. The van der Waals surface area contributed by atoms with E-state index in [2.05, 4.69) is 14.5 Å². The standard InChI is InChI=1S/C10H13N5O6S/c1-5(12-17)8-9-6(3-11-13(9)2)7-4-14(8)10(16)15(7)21-22(18,19)20/h3,7-8,17H,4H2,1-2H3,(H,18,19,20)/p-1/b12-5+/t7-,8+/m0/s1. The van der Waals surface area contributed by atoms with Crippen LogP contribution in [-0.4, -0.2) is 56.2 Å². The number of hydrogen-bond donors (Lipinski definition) is 1. The lowest BCUT2D eigenvalue weighted by Gasteiger charge is -2.30. The summed E-state index contributed by atoms with van der Waals surface area (Å²) in [5, 5.41) is 16.8. The highest BCUT2D eigenvalue weighted by Gasteiger charge is 2.52. The molecule has 2 atom stereocenters. The van der Waals surface area contributed by atoms with Crippen LogP contribution in [0.25, 0.3) is 0 Å². The van der Waals surface area contributed by atoms with Gasteiger partial charge in [0, 0.05) is 12.6 Å². The Morgan fingerprint density at radius 2 is 2.27 bits per heavy atom. The lowest BCUT2D eigenvalue weighted by molar-refractivity contribution is -0.0327. The van der Waals surface area contributed by atoms with E-state index >= 15 is 0 Å². The largest absolute Gasteiger partial charge is 0.724 e. The third kappa shape index (κ3) is 2.03. The Morgan fingerprint density at radius 3 is 2.86 bits per heavy atom. The van der Waals surface area contributed by atoms with E-state index in [0.717, 1.165) is 0 Å². The smallest absolute Gasteiger partial charge is 0.346 e. The van der Waals surface area contributed by atoms with Crippen LogP contribution in [0.2, 0.25) is 0 Å². The van der Waals surface area contributed by atoms with Gasteiger partial charge in [0.1, 0.15) is 12.1 Å². The molecule has 2 aliphatic rings. The fourth-order valence-corrected chi connectivity index (χ4v) is 3.27. The van der Waals surface area contributed by atoms with Gasteiger partial charge >= 0.3 is 6.03 Å². The highest BCUT2D eigenvalue weighted by atomic mass is 32.3. The number of carbonyl (C=O) groups excluding carboxylic acids is 1. The minimum atomic E-state index is -5.10. The number of urea groups is 1. The van der Waals surface area contributed by atoms with Gasteiger partial charge in [-0.25, -0.2) is 13.2 Å². The Kier molecular flexibility index (Phi) is 3.12. The van der Waals surface area contributed by atoms with Crippen molar-refractivity contribution in [3.05, 3.63) is 17.5 Å². The molecule has 12 heteroatoms. The summed E-state index contributed by atoms with van der Waals surface area (Å²) in [7, 11) is -3.46. The van der Waals surface area contributed by atoms with Gasteiger partial charge in [0.15, 0.2) is 0 Å². The summed E-state index contributed by atoms with van der Waals surface area (Å²) in [4.78, 5) is 13.6. The first-order valence-electron chi connectivity index (χ1n) is 6.20. The maximum Gasteiger partial charge on any atom is 0.346 e.